The van der Waals surface area contributed by atoms with E-state index >= 15 is 0 Å². The number of likely N-dealkylation sites (tertiary alicyclic amines) is 2. The molecule has 1 aromatic carbocycles. The van der Waals surface area contributed by atoms with E-state index in [1.807, 2.05) is 61.8 Å². The lowest BCUT2D eigenvalue weighted by atomic mass is 9.66. The smallest absolute Gasteiger partial charge is 0.321 e. The van der Waals surface area contributed by atoms with E-state index in [2.05, 4.69) is 10.4 Å². The molecule has 2 N–H and O–H groups in total. The molecule has 0 spiro atoms. The summed E-state index contributed by atoms with van der Waals surface area (Å²) in [5, 5.41) is 5.76. The van der Waals surface area contributed by atoms with Crippen LogP contribution in [-0.4, -0.2) is 69.3 Å². The normalized spacial score (nSPS) is 28.1. The van der Waals surface area contributed by atoms with E-state index in [1.54, 1.807) is 10.7 Å². The molecule has 1 aliphatic carbocycles. The third-order valence-corrected chi connectivity index (χ3v) is 11.0. The van der Waals surface area contributed by atoms with Crippen molar-refractivity contribution in [3.05, 3.63) is 46.4 Å². The highest BCUT2D eigenvalue weighted by molar-refractivity contribution is 5.96. The van der Waals surface area contributed by atoms with Crippen LogP contribution in [0, 0.1) is 29.6 Å². The number of nitrogens with one attached hydrogen (secondary N) is 2. The van der Waals surface area contributed by atoms with E-state index < -0.39 is 16.4 Å². The number of fused-ring (bicyclic) bond motifs is 2. The quantitative estimate of drug-likeness (QED) is 0.544. The van der Waals surface area contributed by atoms with E-state index in [0.717, 1.165) is 37.1 Å². The van der Waals surface area contributed by atoms with Gasteiger partial charge in [0, 0.05) is 49.0 Å². The molecule has 3 aliphatic heterocycles. The molecule has 4 aliphatic rings. The fourth-order valence-electron chi connectivity index (χ4n) is 7.77. The van der Waals surface area contributed by atoms with Gasteiger partial charge < -0.3 is 19.9 Å². The van der Waals surface area contributed by atoms with Crippen molar-refractivity contribution in [2.45, 2.75) is 71.8 Å². The number of urea groups is 1. The van der Waals surface area contributed by atoms with Crippen LogP contribution in [0.25, 0.3) is 5.69 Å². The molecule has 10 nitrogen and oxygen atoms in total. The largest absolute Gasteiger partial charge is 0.448 e. The Kier molecular flexibility index (Phi) is 6.58. The van der Waals surface area contributed by atoms with Crippen LogP contribution in [0.1, 0.15) is 65.0 Å². The van der Waals surface area contributed by atoms with Gasteiger partial charge in [0.05, 0.1) is 11.1 Å². The molecule has 3 saturated heterocycles. The van der Waals surface area contributed by atoms with Gasteiger partial charge in [0.2, 0.25) is 0 Å². The first-order chi connectivity index (χ1) is 19.4. The van der Waals surface area contributed by atoms with Gasteiger partial charge in [-0.05, 0) is 88.5 Å². The van der Waals surface area contributed by atoms with Crippen LogP contribution < -0.4 is 10.9 Å². The highest BCUT2D eigenvalue weighted by atomic mass is 16.6. The predicted molar refractivity (Wildman–Crippen MR) is 154 cm³/mol. The van der Waals surface area contributed by atoms with Crippen molar-refractivity contribution in [3.8, 4) is 5.69 Å². The van der Waals surface area contributed by atoms with Gasteiger partial charge in [-0.1, -0.05) is 13.8 Å². The zero-order chi connectivity index (χ0) is 29.2. The zero-order valence-electron chi connectivity index (χ0n) is 24.5. The summed E-state index contributed by atoms with van der Waals surface area (Å²) in [5.74, 6) is 0.836. The Hall–Kier alpha value is -3.56. The first kappa shape index (κ1) is 27.6. The number of aromatic amines is 1. The second kappa shape index (κ2) is 9.77. The van der Waals surface area contributed by atoms with Gasteiger partial charge in [-0.2, -0.15) is 0 Å². The Morgan fingerprint density at radius 3 is 1.98 bits per heavy atom. The number of rotatable bonds is 4. The molecule has 1 aromatic heterocycles. The summed E-state index contributed by atoms with van der Waals surface area (Å²) in [6.45, 7) is 10.7. The van der Waals surface area contributed by atoms with Crippen LogP contribution >= 0.6 is 0 Å². The average Bonchev–Trinajstić information content (AvgIpc) is 3.46. The van der Waals surface area contributed by atoms with Crippen LogP contribution in [0.15, 0.2) is 35.1 Å². The lowest BCUT2D eigenvalue weighted by molar-refractivity contribution is -0.175. The second-order valence-corrected chi connectivity index (χ2v) is 13.2. The molecule has 1 saturated carbocycles. The predicted octanol–water partition coefficient (Wildman–Crippen LogP) is 4.08. The lowest BCUT2D eigenvalue weighted by Crippen LogP contribution is -2.56. The van der Waals surface area contributed by atoms with Gasteiger partial charge in [-0.15, -0.1) is 0 Å². The molecular weight excluding hydrogens is 522 g/mol. The monoisotopic (exact) mass is 563 g/mol. The molecule has 2 unspecified atom stereocenters. The number of hydrogen-bond acceptors (Lipinski definition) is 5. The van der Waals surface area contributed by atoms with Crippen LogP contribution in [-0.2, 0) is 14.3 Å². The lowest BCUT2D eigenvalue weighted by Gasteiger charge is -2.43. The van der Waals surface area contributed by atoms with Crippen LogP contribution in [0.3, 0.4) is 0 Å². The minimum Gasteiger partial charge on any atom is -0.448 e. The zero-order valence-corrected chi connectivity index (χ0v) is 24.5. The number of H-pyrrole nitrogens is 1. The molecule has 10 heteroatoms. The van der Waals surface area contributed by atoms with Crippen LogP contribution in [0.4, 0.5) is 10.5 Å². The number of aromatic nitrogens is 2. The number of carbonyl (C=O) groups excluding carboxylic acids is 3. The summed E-state index contributed by atoms with van der Waals surface area (Å²) in [6.07, 6.45) is 5.12. The van der Waals surface area contributed by atoms with Gasteiger partial charge in [0.15, 0.2) is 5.60 Å². The van der Waals surface area contributed by atoms with E-state index in [-0.39, 0.29) is 23.5 Å². The summed E-state index contributed by atoms with van der Waals surface area (Å²) in [4.78, 5) is 54.7. The van der Waals surface area contributed by atoms with Crippen molar-refractivity contribution in [1.29, 1.82) is 0 Å². The number of aryl methyl sites for hydroxylation is 1. The Morgan fingerprint density at radius 2 is 1.49 bits per heavy atom. The van der Waals surface area contributed by atoms with Crippen molar-refractivity contribution < 1.29 is 19.1 Å². The van der Waals surface area contributed by atoms with Crippen LogP contribution in [0.2, 0.25) is 0 Å². The topological polar surface area (TPSA) is 117 Å². The first-order valence-corrected chi connectivity index (χ1v) is 14.9. The van der Waals surface area contributed by atoms with Crippen molar-refractivity contribution >= 4 is 23.6 Å². The molecular formula is C31H41N5O5. The fourth-order valence-corrected chi connectivity index (χ4v) is 7.77. The Balaban J connectivity index is 0.986. The van der Waals surface area contributed by atoms with Crippen molar-refractivity contribution in [2.75, 3.05) is 31.5 Å². The SMILES string of the molecule is Cc1cc(=O)[nH]n1-c1ccc(NC(=O)N2CCC(C3CCN(C(=O)C45CCC(C)(C(=O)O4)C5(C)C)CC3)CC2)cc1. The molecule has 2 bridgehead atoms. The number of benzene rings is 1. The molecule has 4 fully saturated rings. The maximum Gasteiger partial charge on any atom is 0.321 e. The van der Waals surface area contributed by atoms with E-state index in [9.17, 15) is 19.2 Å². The second-order valence-electron chi connectivity index (χ2n) is 13.2. The molecule has 0 radical (unpaired) electrons. The number of piperidine rings is 2. The average molecular weight is 564 g/mol. The van der Waals surface area contributed by atoms with Gasteiger partial charge in [0.25, 0.3) is 11.5 Å². The summed E-state index contributed by atoms with van der Waals surface area (Å²) in [6, 6.07) is 8.85. The Bertz CT molecular complexity index is 1410. The molecule has 3 amide bonds. The third-order valence-electron chi connectivity index (χ3n) is 11.0. The van der Waals surface area contributed by atoms with Gasteiger partial charge in [-0.3, -0.25) is 24.2 Å². The summed E-state index contributed by atoms with van der Waals surface area (Å²) in [7, 11) is 0. The van der Waals surface area contributed by atoms with E-state index in [0.29, 0.717) is 56.5 Å². The van der Waals surface area contributed by atoms with Crippen molar-refractivity contribution in [3.63, 3.8) is 0 Å². The highest BCUT2D eigenvalue weighted by Crippen LogP contribution is 2.66. The molecule has 6 rings (SSSR count). The summed E-state index contributed by atoms with van der Waals surface area (Å²) in [5.41, 5.74) is 0.0788. The number of esters is 1. The minimum atomic E-state index is -1.02. The number of carbonyl (C=O) groups is 3. The van der Waals surface area contributed by atoms with Gasteiger partial charge in [0.1, 0.15) is 0 Å². The van der Waals surface area contributed by atoms with Crippen LogP contribution in [0.5, 0.6) is 0 Å². The maximum atomic E-state index is 13.7. The molecule has 4 heterocycles. The number of hydrogen-bond donors (Lipinski definition) is 2. The third kappa shape index (κ3) is 4.28. The summed E-state index contributed by atoms with van der Waals surface area (Å²) < 4.78 is 7.56. The maximum absolute atomic E-state index is 13.7. The highest BCUT2D eigenvalue weighted by Gasteiger charge is 2.76. The number of ether oxygens (including phenoxy) is 1. The van der Waals surface area contributed by atoms with E-state index in [1.165, 1.54) is 0 Å². The van der Waals surface area contributed by atoms with Gasteiger partial charge in [-0.25, -0.2) is 4.79 Å². The molecule has 41 heavy (non-hydrogen) atoms. The molecule has 2 aromatic rings. The van der Waals surface area contributed by atoms with E-state index in [4.69, 9.17) is 4.74 Å². The Morgan fingerprint density at radius 1 is 0.902 bits per heavy atom. The summed E-state index contributed by atoms with van der Waals surface area (Å²) >= 11 is 0. The molecule has 220 valence electrons. The number of anilines is 1. The van der Waals surface area contributed by atoms with Gasteiger partial charge >= 0.3 is 12.0 Å². The van der Waals surface area contributed by atoms with Crippen molar-refractivity contribution in [1.82, 2.24) is 19.6 Å². The number of amides is 3. The fraction of sp³-hybridized carbons (Fsp3) is 0.613. The Labute approximate surface area is 240 Å². The molecule has 2 atom stereocenters. The first-order valence-electron chi connectivity index (χ1n) is 14.9. The standard InChI is InChI=1S/C31H41N5O5/c1-20-19-25(37)33-36(20)24-7-5-23(6-8-24)32-28(40)35-17-11-22(12-18-35)21-9-15-34(16-10-21)26(38)31-14-13-30(4,27(39)41-31)29(31,2)3/h5-8,19,21-22H,9-18H2,1-4H3,(H,32,40)(H,33,37). The van der Waals surface area contributed by atoms with Crippen molar-refractivity contribution in [2.24, 2.45) is 22.7 Å². The minimum absolute atomic E-state index is 0.00757. The number of nitrogens with zero attached hydrogens (tertiary/aromatic N) is 3.